The van der Waals surface area contributed by atoms with Crippen LogP contribution in [-0.4, -0.2) is 5.16 Å². The largest absolute Gasteiger partial charge is 0.155 e. The van der Waals surface area contributed by atoms with Crippen LogP contribution in [0.2, 0.25) is 0 Å². The molecule has 1 aromatic heterocycles. The standard InChI is InChI=1S/C30H51P4/c1-26(2,3)22-23(27(4,5)6)32-31(22)33-24(28(7,8)9)25(29(10,11)12)34(32,33)30-16-19-13-20(17-30)15-21(14-19)18-30/h19-21H,13-18H2,1-12H3/q+1. The van der Waals surface area contributed by atoms with E-state index < -0.39 is 6.64 Å². The molecule has 0 amide bonds. The average molecular weight is 536 g/mol. The van der Waals surface area contributed by atoms with Gasteiger partial charge in [0.15, 0.2) is 7.30 Å². The monoisotopic (exact) mass is 535 g/mol. The van der Waals surface area contributed by atoms with Crippen LogP contribution in [0.4, 0.5) is 0 Å². The first-order valence-corrected chi connectivity index (χ1v) is 22.8. The normalized spacial score (nSPS) is 40.2. The first-order chi connectivity index (χ1) is 15.3. The fourth-order valence-electron chi connectivity index (χ4n) is 9.45. The molecular weight excluding hydrogens is 484 g/mol. The van der Waals surface area contributed by atoms with E-state index in [1.807, 2.05) is 5.30 Å². The van der Waals surface area contributed by atoms with Gasteiger partial charge in [-0.3, -0.25) is 0 Å². The molecule has 190 valence electrons. The van der Waals surface area contributed by atoms with Crippen molar-refractivity contribution in [2.24, 2.45) is 28.6 Å². The molecule has 6 aliphatic rings. The lowest BCUT2D eigenvalue weighted by molar-refractivity contribution is 0.0358. The van der Waals surface area contributed by atoms with Crippen molar-refractivity contribution in [1.29, 1.82) is 0 Å². The second-order valence-corrected chi connectivity index (χ2v) is 37.3. The SMILES string of the molecule is CC(C)(C)C1=C(C(C)(C)C)[P+]2(C34CC5CC(CC(C5)C3)C4)P1p1c(C(C)(C)C)c(C(C)(C)C)p12. The number of allylic oxidation sites excluding steroid dienone is 2. The summed E-state index contributed by atoms with van der Waals surface area (Å²) in [5.74, 6) is 3.26. The maximum absolute atomic E-state index is 2.63. The highest BCUT2D eigenvalue weighted by Gasteiger charge is 2.87. The third-order valence-electron chi connectivity index (χ3n) is 9.78. The number of hydrogen-bond acceptors (Lipinski definition) is 0. The van der Waals surface area contributed by atoms with Crippen molar-refractivity contribution >= 4 is 27.7 Å². The zero-order valence-electron chi connectivity index (χ0n) is 24.3. The molecule has 0 saturated heterocycles. The highest BCUT2D eigenvalue weighted by molar-refractivity contribution is 9.07. The molecule has 2 aliphatic heterocycles. The van der Waals surface area contributed by atoms with Crippen LogP contribution in [0.1, 0.15) is 132 Å². The van der Waals surface area contributed by atoms with Gasteiger partial charge in [-0.1, -0.05) is 83.1 Å². The summed E-state index contributed by atoms with van der Waals surface area (Å²) in [6.07, 6.45) is 9.73. The molecule has 0 nitrogen and oxygen atoms in total. The average Bonchev–Trinajstić information content (AvgIpc) is 2.54. The van der Waals surface area contributed by atoms with Gasteiger partial charge in [-0.25, -0.2) is 0 Å². The molecule has 4 bridgehead atoms. The zero-order valence-corrected chi connectivity index (χ0v) is 27.8. The Morgan fingerprint density at radius 1 is 0.618 bits per heavy atom. The quantitative estimate of drug-likeness (QED) is 0.314. The minimum absolute atomic E-state index is 0.137. The fraction of sp³-hybridized carbons (Fsp3) is 0.867. The van der Waals surface area contributed by atoms with E-state index >= 15 is 0 Å². The van der Waals surface area contributed by atoms with Crippen molar-refractivity contribution in [3.8, 4) is 0 Å². The van der Waals surface area contributed by atoms with Crippen LogP contribution < -0.4 is 0 Å². The van der Waals surface area contributed by atoms with E-state index in [1.165, 1.54) is 0 Å². The second-order valence-electron chi connectivity index (χ2n) is 17.0. The van der Waals surface area contributed by atoms with Crippen LogP contribution in [0.15, 0.2) is 10.6 Å². The van der Waals surface area contributed by atoms with Crippen LogP contribution in [-0.2, 0) is 10.8 Å². The Labute approximate surface area is 214 Å². The van der Waals surface area contributed by atoms with Crippen molar-refractivity contribution < 1.29 is 0 Å². The lowest BCUT2D eigenvalue weighted by Crippen LogP contribution is -2.53. The van der Waals surface area contributed by atoms with E-state index in [1.54, 1.807) is 38.5 Å². The highest BCUT2D eigenvalue weighted by Crippen LogP contribution is 3.34. The van der Waals surface area contributed by atoms with Gasteiger partial charge in [0.1, 0.15) is 6.64 Å². The van der Waals surface area contributed by atoms with E-state index in [4.69, 9.17) is 0 Å². The molecule has 4 atom stereocenters. The summed E-state index contributed by atoms with van der Waals surface area (Å²) in [7, 11) is 0.137. The van der Waals surface area contributed by atoms with Gasteiger partial charge in [-0.15, -0.1) is 0 Å². The number of fused-ring (bicyclic) bond motifs is 4. The molecule has 1 aromatic rings. The lowest BCUT2D eigenvalue weighted by atomic mass is 9.56. The van der Waals surface area contributed by atoms with E-state index in [0.717, 1.165) is 22.9 Å². The van der Waals surface area contributed by atoms with E-state index in [2.05, 4.69) is 99.0 Å². The molecule has 34 heavy (non-hydrogen) atoms. The van der Waals surface area contributed by atoms with Crippen LogP contribution in [0, 0.1) is 28.6 Å². The third kappa shape index (κ3) is 2.94. The smallest absolute Gasteiger partial charge is 0.0557 e. The summed E-state index contributed by atoms with van der Waals surface area (Å²) in [4.78, 5) is 0. The second kappa shape index (κ2) is 6.92. The molecule has 0 aromatic carbocycles. The van der Waals surface area contributed by atoms with Crippen molar-refractivity contribution in [2.75, 3.05) is 0 Å². The van der Waals surface area contributed by atoms with Crippen molar-refractivity contribution in [3.05, 3.63) is 21.2 Å². The Balaban J connectivity index is 1.67. The highest BCUT2D eigenvalue weighted by atomic mass is 32.9. The Morgan fingerprint density at radius 2 is 1.06 bits per heavy atom. The van der Waals surface area contributed by atoms with Gasteiger partial charge in [-0.2, -0.15) is 0 Å². The van der Waals surface area contributed by atoms with Gasteiger partial charge < -0.3 is 0 Å². The van der Waals surface area contributed by atoms with Crippen molar-refractivity contribution in [1.82, 2.24) is 0 Å². The van der Waals surface area contributed by atoms with Gasteiger partial charge in [0, 0.05) is 28.2 Å². The Hall–Kier alpha value is 0.940. The fourth-order valence-corrected chi connectivity index (χ4v) is 71.0. The van der Waals surface area contributed by atoms with Gasteiger partial charge in [-0.05, 0) is 72.5 Å². The number of hydrogen-bond donors (Lipinski definition) is 0. The van der Waals surface area contributed by atoms with E-state index in [-0.39, 0.29) is 21.1 Å². The van der Waals surface area contributed by atoms with Gasteiger partial charge in [0.05, 0.1) is 17.4 Å². The number of rotatable bonds is 1. The molecule has 3 heterocycles. The zero-order chi connectivity index (χ0) is 25.0. The van der Waals surface area contributed by atoms with Crippen LogP contribution in [0.3, 0.4) is 0 Å². The molecule has 4 fully saturated rings. The summed E-state index contributed by atoms with van der Waals surface area (Å²) in [6, 6.07) is 0. The molecule has 4 heteroatoms. The predicted octanol–water partition coefficient (Wildman–Crippen LogP) is 12.5. The Kier molecular flexibility index (Phi) is 5.14. The minimum atomic E-state index is -1.08. The molecule has 4 unspecified atom stereocenters. The van der Waals surface area contributed by atoms with Gasteiger partial charge in [0.2, 0.25) is 0 Å². The molecule has 0 spiro atoms. The molecule has 0 radical (unpaired) electrons. The topological polar surface area (TPSA) is 0 Å². The third-order valence-corrected chi connectivity index (χ3v) is 51.6. The molecule has 4 saturated carbocycles. The Bertz CT molecular complexity index is 1050. The summed E-state index contributed by atoms with van der Waals surface area (Å²) in [6.45, 7) is 30.3. The molecular formula is C30H51P4+. The maximum atomic E-state index is 2.63. The summed E-state index contributed by atoms with van der Waals surface area (Å²) >= 11 is 0. The minimum Gasteiger partial charge on any atom is -0.0557 e. The van der Waals surface area contributed by atoms with Crippen LogP contribution >= 0.6 is 27.7 Å². The summed E-state index contributed by atoms with van der Waals surface area (Å²) in [5, 5.41) is 9.04. The van der Waals surface area contributed by atoms with Crippen molar-refractivity contribution in [2.45, 2.75) is 138 Å². The van der Waals surface area contributed by atoms with E-state index in [9.17, 15) is 0 Å². The van der Waals surface area contributed by atoms with Gasteiger partial charge >= 0.3 is 0 Å². The first kappa shape index (κ1) is 25.2. The van der Waals surface area contributed by atoms with Gasteiger partial charge in [0.25, 0.3) is 0 Å². The van der Waals surface area contributed by atoms with Crippen LogP contribution in [0.25, 0.3) is 0 Å². The maximum Gasteiger partial charge on any atom is 0.155 e. The first-order valence-electron chi connectivity index (χ1n) is 14.2. The van der Waals surface area contributed by atoms with E-state index in [0.29, 0.717) is 21.7 Å². The molecule has 0 N–H and O–H groups in total. The Morgan fingerprint density at radius 3 is 1.41 bits per heavy atom. The summed E-state index contributed by atoms with van der Waals surface area (Å²) in [5.41, 5.74) is 1.46. The predicted molar refractivity (Wildman–Crippen MR) is 161 cm³/mol. The lowest BCUT2D eigenvalue weighted by Gasteiger charge is -2.72. The summed E-state index contributed by atoms with van der Waals surface area (Å²) < 4.78 is 0. The van der Waals surface area contributed by atoms with Crippen molar-refractivity contribution in [3.63, 3.8) is 0 Å². The van der Waals surface area contributed by atoms with Crippen LogP contribution in [0.5, 0.6) is 0 Å². The molecule has 4 aliphatic carbocycles. The molecule has 7 rings (SSSR count).